The number of carbonyl (C=O) groups excluding carboxylic acids is 3. The first kappa shape index (κ1) is 25.7. The van der Waals surface area contributed by atoms with E-state index in [0.717, 1.165) is 38.5 Å². The monoisotopic (exact) mass is 493 g/mol. The molecule has 2 aliphatic rings. The highest BCUT2D eigenvalue weighted by molar-refractivity contribution is 5.97. The molecule has 0 radical (unpaired) electrons. The second-order valence-electron chi connectivity index (χ2n) is 9.14. The maximum absolute atomic E-state index is 13.2. The maximum Gasteiger partial charge on any atom is 0.243 e. The summed E-state index contributed by atoms with van der Waals surface area (Å²) in [6, 6.07) is 16.6. The summed E-state index contributed by atoms with van der Waals surface area (Å²) >= 11 is 0. The Bertz CT molecular complexity index is 1020. The lowest BCUT2D eigenvalue weighted by Crippen LogP contribution is -2.60. The number of hydrogen-bond acceptors (Lipinski definition) is 6. The van der Waals surface area contributed by atoms with Gasteiger partial charge in [-0.3, -0.25) is 24.2 Å². The van der Waals surface area contributed by atoms with Crippen LogP contribution in [0.4, 0.5) is 5.69 Å². The lowest BCUT2D eigenvalue weighted by Gasteiger charge is -2.38. The third-order valence-electron chi connectivity index (χ3n) is 6.55. The van der Waals surface area contributed by atoms with Gasteiger partial charge in [0.05, 0.1) is 19.6 Å². The molecule has 9 heteroatoms. The standard InChI is InChI=1S/C27H35N5O4/c1-2-36-23-10-8-22(9-11-23)29-25(33)18-24-27(35)28-12-13-32(24)26(34)20-31-16-14-30(15-17-31)19-21-6-4-3-5-7-21/h3-11,24H,2,12-20H2,1H3,(H,28,35)(H,29,33)/t24-/m0/s1. The highest BCUT2D eigenvalue weighted by Gasteiger charge is 2.35. The summed E-state index contributed by atoms with van der Waals surface area (Å²) in [5, 5.41) is 5.61. The molecule has 0 bridgehead atoms. The summed E-state index contributed by atoms with van der Waals surface area (Å²) in [4.78, 5) is 44.6. The van der Waals surface area contributed by atoms with Crippen LogP contribution in [0.1, 0.15) is 18.9 Å². The Morgan fingerprint density at radius 2 is 1.67 bits per heavy atom. The zero-order chi connectivity index (χ0) is 25.3. The van der Waals surface area contributed by atoms with Gasteiger partial charge in [0.25, 0.3) is 0 Å². The normalized spacial score (nSPS) is 19.0. The number of benzene rings is 2. The first-order valence-electron chi connectivity index (χ1n) is 12.6. The minimum absolute atomic E-state index is 0.0877. The SMILES string of the molecule is CCOc1ccc(NC(=O)C[C@H]2C(=O)NCCN2C(=O)CN2CCN(Cc3ccccc3)CC2)cc1. The molecule has 0 saturated carbocycles. The molecule has 2 aliphatic heterocycles. The van der Waals surface area contributed by atoms with Gasteiger partial charge in [-0.1, -0.05) is 30.3 Å². The van der Waals surface area contributed by atoms with Gasteiger partial charge in [0.15, 0.2) is 0 Å². The Hall–Kier alpha value is -3.43. The van der Waals surface area contributed by atoms with Crippen LogP contribution in [0.25, 0.3) is 0 Å². The summed E-state index contributed by atoms with van der Waals surface area (Å²) in [6.45, 7) is 7.78. The number of piperazine rings is 2. The Balaban J connectivity index is 1.28. The number of amides is 3. The van der Waals surface area contributed by atoms with Gasteiger partial charge in [0, 0.05) is 51.5 Å². The lowest BCUT2D eigenvalue weighted by molar-refractivity contribution is -0.145. The van der Waals surface area contributed by atoms with Crippen LogP contribution >= 0.6 is 0 Å². The van der Waals surface area contributed by atoms with Crippen molar-refractivity contribution in [2.24, 2.45) is 0 Å². The summed E-state index contributed by atoms with van der Waals surface area (Å²) in [5.41, 5.74) is 1.90. The molecule has 2 N–H and O–H groups in total. The molecule has 2 aromatic rings. The van der Waals surface area contributed by atoms with Crippen molar-refractivity contribution in [2.45, 2.75) is 25.9 Å². The molecular weight excluding hydrogens is 458 g/mol. The van der Waals surface area contributed by atoms with Crippen molar-refractivity contribution in [3.8, 4) is 5.75 Å². The summed E-state index contributed by atoms with van der Waals surface area (Å²) in [6.07, 6.45) is -0.0877. The van der Waals surface area contributed by atoms with Gasteiger partial charge < -0.3 is 20.3 Å². The first-order chi connectivity index (χ1) is 17.5. The zero-order valence-corrected chi connectivity index (χ0v) is 20.8. The number of anilines is 1. The lowest BCUT2D eigenvalue weighted by atomic mass is 10.1. The van der Waals surface area contributed by atoms with Gasteiger partial charge in [-0.05, 0) is 36.8 Å². The molecule has 0 aliphatic carbocycles. The number of carbonyl (C=O) groups is 3. The van der Waals surface area contributed by atoms with Gasteiger partial charge >= 0.3 is 0 Å². The molecule has 2 aromatic carbocycles. The van der Waals surface area contributed by atoms with E-state index in [0.29, 0.717) is 25.4 Å². The van der Waals surface area contributed by atoms with Crippen LogP contribution in [0, 0.1) is 0 Å². The Morgan fingerprint density at radius 3 is 2.36 bits per heavy atom. The van der Waals surface area contributed by atoms with Crippen molar-refractivity contribution >= 4 is 23.4 Å². The molecule has 4 rings (SSSR count). The van der Waals surface area contributed by atoms with Crippen molar-refractivity contribution in [3.63, 3.8) is 0 Å². The average Bonchev–Trinajstić information content (AvgIpc) is 2.88. The molecule has 192 valence electrons. The second-order valence-corrected chi connectivity index (χ2v) is 9.14. The van der Waals surface area contributed by atoms with Gasteiger partial charge in [-0.25, -0.2) is 0 Å². The van der Waals surface area contributed by atoms with Crippen molar-refractivity contribution in [1.29, 1.82) is 0 Å². The van der Waals surface area contributed by atoms with Crippen LogP contribution in [0.5, 0.6) is 5.75 Å². The fourth-order valence-corrected chi connectivity index (χ4v) is 4.63. The van der Waals surface area contributed by atoms with Crippen molar-refractivity contribution in [3.05, 3.63) is 60.2 Å². The maximum atomic E-state index is 13.2. The Kier molecular flexibility index (Phi) is 8.91. The molecular formula is C27H35N5O4. The van der Waals surface area contributed by atoms with E-state index in [1.807, 2.05) is 25.1 Å². The smallest absolute Gasteiger partial charge is 0.243 e. The van der Waals surface area contributed by atoms with Crippen LogP contribution < -0.4 is 15.4 Å². The van der Waals surface area contributed by atoms with Crippen LogP contribution in [-0.2, 0) is 20.9 Å². The number of hydrogen-bond donors (Lipinski definition) is 2. The van der Waals surface area contributed by atoms with E-state index in [2.05, 4.69) is 32.6 Å². The van der Waals surface area contributed by atoms with Crippen LogP contribution in [-0.4, -0.2) is 90.9 Å². The van der Waals surface area contributed by atoms with Crippen LogP contribution in [0.3, 0.4) is 0 Å². The Morgan fingerprint density at radius 1 is 0.972 bits per heavy atom. The Labute approximate surface area is 212 Å². The highest BCUT2D eigenvalue weighted by atomic mass is 16.5. The van der Waals surface area contributed by atoms with Crippen molar-refractivity contribution in [1.82, 2.24) is 20.0 Å². The van der Waals surface area contributed by atoms with E-state index >= 15 is 0 Å². The van der Waals surface area contributed by atoms with E-state index in [4.69, 9.17) is 4.74 Å². The van der Waals surface area contributed by atoms with Gasteiger partial charge in [-0.2, -0.15) is 0 Å². The average molecular weight is 494 g/mol. The van der Waals surface area contributed by atoms with Gasteiger partial charge in [-0.15, -0.1) is 0 Å². The molecule has 0 spiro atoms. The molecule has 1 atom stereocenters. The number of nitrogens with zero attached hydrogens (tertiary/aromatic N) is 3. The molecule has 36 heavy (non-hydrogen) atoms. The largest absolute Gasteiger partial charge is 0.494 e. The first-order valence-corrected chi connectivity index (χ1v) is 12.6. The van der Waals surface area contributed by atoms with E-state index in [9.17, 15) is 14.4 Å². The van der Waals surface area contributed by atoms with Crippen LogP contribution in [0.2, 0.25) is 0 Å². The van der Waals surface area contributed by atoms with Gasteiger partial charge in [0.1, 0.15) is 11.8 Å². The van der Waals surface area contributed by atoms with Crippen LogP contribution in [0.15, 0.2) is 54.6 Å². The number of ether oxygens (including phenoxy) is 1. The third kappa shape index (κ3) is 7.05. The highest BCUT2D eigenvalue weighted by Crippen LogP contribution is 2.17. The number of rotatable bonds is 9. The minimum atomic E-state index is -0.812. The molecule has 2 fully saturated rings. The number of nitrogens with one attached hydrogen (secondary N) is 2. The summed E-state index contributed by atoms with van der Waals surface area (Å²) in [7, 11) is 0. The third-order valence-corrected chi connectivity index (χ3v) is 6.55. The topological polar surface area (TPSA) is 94.2 Å². The summed E-state index contributed by atoms with van der Waals surface area (Å²) < 4.78 is 5.42. The van der Waals surface area contributed by atoms with Crippen molar-refractivity contribution < 1.29 is 19.1 Å². The van der Waals surface area contributed by atoms with E-state index in [-0.39, 0.29) is 30.7 Å². The van der Waals surface area contributed by atoms with E-state index in [1.165, 1.54) is 5.56 Å². The fourth-order valence-electron chi connectivity index (χ4n) is 4.63. The molecule has 3 amide bonds. The molecule has 9 nitrogen and oxygen atoms in total. The predicted octanol–water partition coefficient (Wildman–Crippen LogP) is 1.56. The second kappa shape index (κ2) is 12.5. The van der Waals surface area contributed by atoms with Crippen molar-refractivity contribution in [2.75, 3.05) is 57.7 Å². The quantitative estimate of drug-likeness (QED) is 0.551. The summed E-state index contributed by atoms with van der Waals surface area (Å²) in [5.74, 6) is 0.0118. The molecule has 2 saturated heterocycles. The van der Waals surface area contributed by atoms with E-state index < -0.39 is 6.04 Å². The minimum Gasteiger partial charge on any atom is -0.494 e. The molecule has 2 heterocycles. The molecule has 0 unspecified atom stereocenters. The van der Waals surface area contributed by atoms with E-state index in [1.54, 1.807) is 29.2 Å². The fraction of sp³-hybridized carbons (Fsp3) is 0.444. The van der Waals surface area contributed by atoms with Gasteiger partial charge in [0.2, 0.25) is 17.7 Å². The zero-order valence-electron chi connectivity index (χ0n) is 20.8. The molecule has 0 aromatic heterocycles. The predicted molar refractivity (Wildman–Crippen MR) is 138 cm³/mol.